The van der Waals surface area contributed by atoms with E-state index in [9.17, 15) is 9.59 Å². The highest BCUT2D eigenvalue weighted by Gasteiger charge is 2.13. The Labute approximate surface area is 161 Å². The van der Waals surface area contributed by atoms with Crippen molar-refractivity contribution in [1.82, 2.24) is 14.6 Å². The van der Waals surface area contributed by atoms with Crippen LogP contribution in [0.5, 0.6) is 0 Å². The fourth-order valence-corrected chi connectivity index (χ4v) is 3.13. The molecule has 0 saturated carbocycles. The summed E-state index contributed by atoms with van der Waals surface area (Å²) in [5.74, 6) is 0.570. The summed E-state index contributed by atoms with van der Waals surface area (Å²) in [4.78, 5) is 28.9. The molecule has 0 unspecified atom stereocenters. The van der Waals surface area contributed by atoms with Crippen LogP contribution < -0.4 is 0 Å². The molecule has 140 valence electrons. The first kappa shape index (κ1) is 17.9. The van der Waals surface area contributed by atoms with Crippen LogP contribution in [0.25, 0.3) is 16.9 Å². The lowest BCUT2D eigenvalue weighted by Gasteiger charge is -2.01. The summed E-state index contributed by atoms with van der Waals surface area (Å²) in [6, 6.07) is 16.7. The van der Waals surface area contributed by atoms with E-state index in [0.29, 0.717) is 36.3 Å². The van der Waals surface area contributed by atoms with Gasteiger partial charge in [0.15, 0.2) is 17.3 Å². The third-order valence-corrected chi connectivity index (χ3v) is 4.53. The molecule has 1 aromatic carbocycles. The minimum Gasteiger partial charge on any atom is -0.472 e. The molecule has 0 aliphatic carbocycles. The van der Waals surface area contributed by atoms with Gasteiger partial charge >= 0.3 is 0 Å². The van der Waals surface area contributed by atoms with Crippen LogP contribution in [-0.2, 0) is 11.2 Å². The largest absolute Gasteiger partial charge is 0.472 e. The number of nitrogens with zero attached hydrogens (tertiary/aromatic N) is 3. The van der Waals surface area contributed by atoms with Crippen LogP contribution in [0.1, 0.15) is 35.4 Å². The van der Waals surface area contributed by atoms with Gasteiger partial charge in [-0.25, -0.2) is 9.50 Å². The molecule has 0 radical (unpaired) electrons. The maximum absolute atomic E-state index is 12.3. The number of furan rings is 1. The molecule has 4 aromatic rings. The van der Waals surface area contributed by atoms with Crippen LogP contribution in [0.2, 0.25) is 0 Å². The Morgan fingerprint density at radius 3 is 2.61 bits per heavy atom. The summed E-state index contributed by atoms with van der Waals surface area (Å²) in [5.41, 5.74) is 3.11. The minimum absolute atomic E-state index is 0.0293. The monoisotopic (exact) mass is 373 g/mol. The highest BCUT2D eigenvalue weighted by Crippen LogP contribution is 2.20. The third-order valence-electron chi connectivity index (χ3n) is 4.53. The number of carbonyl (C=O) groups excluding carboxylic acids is 2. The van der Waals surface area contributed by atoms with Crippen molar-refractivity contribution >= 4 is 17.2 Å². The Morgan fingerprint density at radius 1 is 0.964 bits per heavy atom. The van der Waals surface area contributed by atoms with E-state index in [1.165, 1.54) is 0 Å². The number of benzene rings is 1. The molecule has 0 saturated heterocycles. The molecule has 0 spiro atoms. The zero-order chi connectivity index (χ0) is 19.3. The van der Waals surface area contributed by atoms with Crippen LogP contribution in [-0.4, -0.2) is 26.2 Å². The number of Topliss-reactive ketones (excluding diaryl/α,β-unsaturated/α-hetero) is 2. The van der Waals surface area contributed by atoms with E-state index in [4.69, 9.17) is 4.42 Å². The molecule has 0 bridgehead atoms. The van der Waals surface area contributed by atoms with Crippen LogP contribution in [0.3, 0.4) is 0 Å². The van der Waals surface area contributed by atoms with E-state index in [2.05, 4.69) is 10.1 Å². The molecule has 0 N–H and O–H groups in total. The van der Waals surface area contributed by atoms with Crippen LogP contribution >= 0.6 is 0 Å². The molecule has 0 amide bonds. The van der Waals surface area contributed by atoms with Crippen molar-refractivity contribution in [3.8, 4) is 11.3 Å². The second-order valence-electron chi connectivity index (χ2n) is 6.58. The highest BCUT2D eigenvalue weighted by atomic mass is 16.3. The quantitative estimate of drug-likeness (QED) is 0.434. The number of hydrogen-bond donors (Lipinski definition) is 0. The average Bonchev–Trinajstić information content (AvgIpc) is 3.37. The fraction of sp³-hybridized carbons (Fsp3) is 0.182. The molecular formula is C22H19N3O3. The second-order valence-corrected chi connectivity index (χ2v) is 6.58. The number of rotatable bonds is 8. The Bertz CT molecular complexity index is 1100. The van der Waals surface area contributed by atoms with Crippen molar-refractivity contribution in [2.24, 2.45) is 0 Å². The van der Waals surface area contributed by atoms with Crippen LogP contribution in [0, 0.1) is 0 Å². The molecule has 0 aliphatic rings. The van der Waals surface area contributed by atoms with Crippen molar-refractivity contribution in [2.75, 3.05) is 0 Å². The van der Waals surface area contributed by atoms with E-state index in [1.54, 1.807) is 29.2 Å². The molecule has 0 fully saturated rings. The number of hydrogen-bond acceptors (Lipinski definition) is 5. The van der Waals surface area contributed by atoms with Crippen molar-refractivity contribution in [3.05, 3.63) is 78.5 Å². The lowest BCUT2D eigenvalue weighted by Crippen LogP contribution is -2.06. The fourth-order valence-electron chi connectivity index (χ4n) is 3.13. The van der Waals surface area contributed by atoms with E-state index in [1.807, 2.05) is 42.5 Å². The topological polar surface area (TPSA) is 77.5 Å². The summed E-state index contributed by atoms with van der Waals surface area (Å²) < 4.78 is 6.86. The van der Waals surface area contributed by atoms with E-state index >= 15 is 0 Å². The van der Waals surface area contributed by atoms with Gasteiger partial charge in [-0.2, -0.15) is 5.10 Å². The van der Waals surface area contributed by atoms with Crippen molar-refractivity contribution in [3.63, 3.8) is 0 Å². The second kappa shape index (κ2) is 8.00. The summed E-state index contributed by atoms with van der Waals surface area (Å²) in [5, 5.41) is 4.48. The standard InChI is InChI=1S/C22H19N3O3/c26-18(8-4-10-20(27)16-6-2-1-3-7-16)14-21-23-22-11-5-9-19(25(22)24-21)17-12-13-28-15-17/h1-3,5-7,9,11-13,15H,4,8,10,14H2. The Kier molecular flexibility index (Phi) is 5.10. The molecule has 0 atom stereocenters. The number of ketones is 2. The van der Waals surface area contributed by atoms with E-state index in [0.717, 1.165) is 11.3 Å². The molecule has 3 aromatic heterocycles. The third kappa shape index (κ3) is 3.91. The predicted molar refractivity (Wildman–Crippen MR) is 104 cm³/mol. The summed E-state index contributed by atoms with van der Waals surface area (Å²) in [6.45, 7) is 0. The van der Waals surface area contributed by atoms with Crippen LogP contribution in [0.4, 0.5) is 0 Å². The number of fused-ring (bicyclic) bond motifs is 1. The van der Waals surface area contributed by atoms with Crippen LogP contribution in [0.15, 0.2) is 71.5 Å². The highest BCUT2D eigenvalue weighted by molar-refractivity contribution is 5.96. The molecule has 6 nitrogen and oxygen atoms in total. The van der Waals surface area contributed by atoms with Gasteiger partial charge in [0, 0.05) is 24.0 Å². The number of carbonyl (C=O) groups is 2. The SMILES string of the molecule is O=C(CCCC(=O)c1ccccc1)Cc1nc2cccc(-c3ccoc3)n2n1. The zero-order valence-electron chi connectivity index (χ0n) is 15.2. The van der Waals surface area contributed by atoms with Gasteiger partial charge < -0.3 is 4.42 Å². The van der Waals surface area contributed by atoms with Gasteiger partial charge in [0.05, 0.1) is 24.6 Å². The Hall–Kier alpha value is -3.54. The van der Waals surface area contributed by atoms with E-state index < -0.39 is 0 Å². The van der Waals surface area contributed by atoms with Crippen molar-refractivity contribution in [2.45, 2.75) is 25.7 Å². The first-order valence-electron chi connectivity index (χ1n) is 9.18. The summed E-state index contributed by atoms with van der Waals surface area (Å²) in [6.07, 6.45) is 4.63. The number of aromatic nitrogens is 3. The molecular weight excluding hydrogens is 354 g/mol. The minimum atomic E-state index is 0.0293. The molecule has 0 aliphatic heterocycles. The zero-order valence-corrected chi connectivity index (χ0v) is 15.2. The normalized spacial score (nSPS) is 11.0. The van der Waals surface area contributed by atoms with Crippen molar-refractivity contribution in [1.29, 1.82) is 0 Å². The predicted octanol–water partition coefficient (Wildman–Crippen LogP) is 4.15. The Balaban J connectivity index is 1.38. The maximum atomic E-state index is 12.3. The molecule has 4 rings (SSSR count). The van der Waals surface area contributed by atoms with Crippen molar-refractivity contribution < 1.29 is 14.0 Å². The lowest BCUT2D eigenvalue weighted by molar-refractivity contribution is -0.118. The van der Waals surface area contributed by atoms with Gasteiger partial charge in [0.2, 0.25) is 0 Å². The molecule has 28 heavy (non-hydrogen) atoms. The van der Waals surface area contributed by atoms with Gasteiger partial charge in [-0.3, -0.25) is 9.59 Å². The maximum Gasteiger partial charge on any atom is 0.162 e. The van der Waals surface area contributed by atoms with Gasteiger partial charge in [-0.05, 0) is 24.6 Å². The Morgan fingerprint density at radius 2 is 1.82 bits per heavy atom. The first-order valence-corrected chi connectivity index (χ1v) is 9.18. The smallest absolute Gasteiger partial charge is 0.162 e. The van der Waals surface area contributed by atoms with E-state index in [-0.39, 0.29) is 18.0 Å². The van der Waals surface area contributed by atoms with Gasteiger partial charge in [-0.15, -0.1) is 0 Å². The molecule has 3 heterocycles. The van der Waals surface area contributed by atoms with Gasteiger partial charge in [0.1, 0.15) is 5.78 Å². The average molecular weight is 373 g/mol. The first-order chi connectivity index (χ1) is 13.7. The summed E-state index contributed by atoms with van der Waals surface area (Å²) >= 11 is 0. The van der Waals surface area contributed by atoms with Gasteiger partial charge in [0.25, 0.3) is 0 Å². The summed E-state index contributed by atoms with van der Waals surface area (Å²) in [7, 11) is 0. The number of pyridine rings is 1. The van der Waals surface area contributed by atoms with Gasteiger partial charge in [-0.1, -0.05) is 36.4 Å². The molecule has 6 heteroatoms. The lowest BCUT2D eigenvalue weighted by atomic mass is 10.0.